The number of benzene rings is 1. The van der Waals surface area contributed by atoms with Crippen molar-refractivity contribution in [2.45, 2.75) is 19.8 Å². The number of hydrogen-bond acceptors (Lipinski definition) is 2. The molecular formula is C15H19ClN2O2. The van der Waals surface area contributed by atoms with Gasteiger partial charge in [0.15, 0.2) is 0 Å². The maximum absolute atomic E-state index is 12.5. The first-order chi connectivity index (χ1) is 9.63. The fraction of sp³-hybridized carbons (Fsp3) is 0.467. The van der Waals surface area contributed by atoms with Gasteiger partial charge in [0.25, 0.3) is 5.91 Å². The molecule has 0 spiro atoms. The Hall–Kier alpha value is -1.55. The Morgan fingerprint density at radius 3 is 2.45 bits per heavy atom. The zero-order valence-electron chi connectivity index (χ0n) is 11.6. The number of hydrogen-bond donors (Lipinski definition) is 0. The monoisotopic (exact) mass is 294 g/mol. The molecule has 0 aliphatic carbocycles. The smallest absolute Gasteiger partial charge is 0.255 e. The van der Waals surface area contributed by atoms with E-state index >= 15 is 0 Å². The minimum absolute atomic E-state index is 0.0543. The molecule has 0 N–H and O–H groups in total. The van der Waals surface area contributed by atoms with Gasteiger partial charge in [-0.05, 0) is 18.6 Å². The lowest BCUT2D eigenvalue weighted by atomic mass is 10.2. The van der Waals surface area contributed by atoms with Crippen LogP contribution < -0.4 is 0 Å². The summed E-state index contributed by atoms with van der Waals surface area (Å²) in [5.41, 5.74) is 0.532. The molecule has 1 heterocycles. The quantitative estimate of drug-likeness (QED) is 0.840. The molecule has 1 aliphatic rings. The van der Waals surface area contributed by atoms with E-state index in [0.717, 1.165) is 13.0 Å². The predicted molar refractivity (Wildman–Crippen MR) is 78.8 cm³/mol. The largest absolute Gasteiger partial charge is 0.341 e. The molecule has 0 aromatic heterocycles. The van der Waals surface area contributed by atoms with Gasteiger partial charge in [-0.2, -0.15) is 0 Å². The first kappa shape index (κ1) is 14.9. The van der Waals surface area contributed by atoms with Crippen LogP contribution in [0.2, 0.25) is 5.02 Å². The van der Waals surface area contributed by atoms with E-state index in [1.165, 1.54) is 0 Å². The highest BCUT2D eigenvalue weighted by molar-refractivity contribution is 6.33. The van der Waals surface area contributed by atoms with Crippen LogP contribution in [0.15, 0.2) is 24.3 Å². The second-order valence-corrected chi connectivity index (χ2v) is 5.27. The summed E-state index contributed by atoms with van der Waals surface area (Å²) in [5.74, 6) is 0.0958. The van der Waals surface area contributed by atoms with Crippen LogP contribution in [0.25, 0.3) is 0 Å². The van der Waals surface area contributed by atoms with Crippen LogP contribution in [0.1, 0.15) is 30.1 Å². The van der Waals surface area contributed by atoms with Gasteiger partial charge in [0.2, 0.25) is 5.91 Å². The Morgan fingerprint density at radius 2 is 1.75 bits per heavy atom. The second-order valence-electron chi connectivity index (χ2n) is 4.86. The van der Waals surface area contributed by atoms with Gasteiger partial charge in [0.1, 0.15) is 0 Å². The molecule has 0 radical (unpaired) electrons. The molecule has 0 bridgehead atoms. The highest BCUT2D eigenvalue weighted by Crippen LogP contribution is 2.18. The van der Waals surface area contributed by atoms with Crippen molar-refractivity contribution in [2.24, 2.45) is 0 Å². The maximum atomic E-state index is 12.5. The van der Waals surface area contributed by atoms with Gasteiger partial charge in [-0.1, -0.05) is 30.7 Å². The maximum Gasteiger partial charge on any atom is 0.255 e. The summed E-state index contributed by atoms with van der Waals surface area (Å²) >= 11 is 6.07. The fourth-order valence-electron chi connectivity index (χ4n) is 2.40. The number of amides is 2. The molecule has 2 amide bonds. The van der Waals surface area contributed by atoms with E-state index in [1.807, 2.05) is 24.0 Å². The van der Waals surface area contributed by atoms with Crippen molar-refractivity contribution in [3.8, 4) is 0 Å². The van der Waals surface area contributed by atoms with Gasteiger partial charge in [-0.15, -0.1) is 0 Å². The van der Waals surface area contributed by atoms with Crippen LogP contribution in [0, 0.1) is 0 Å². The lowest BCUT2D eigenvalue weighted by molar-refractivity contribution is -0.130. The summed E-state index contributed by atoms with van der Waals surface area (Å²) in [6.07, 6.45) is 1.32. The predicted octanol–water partition coefficient (Wildman–Crippen LogP) is 2.42. The molecule has 1 aliphatic heterocycles. The average molecular weight is 295 g/mol. The van der Waals surface area contributed by atoms with E-state index in [4.69, 9.17) is 11.6 Å². The first-order valence-electron chi connectivity index (χ1n) is 6.95. The van der Waals surface area contributed by atoms with Crippen molar-refractivity contribution in [2.75, 3.05) is 26.2 Å². The van der Waals surface area contributed by atoms with Crippen molar-refractivity contribution >= 4 is 23.4 Å². The molecular weight excluding hydrogens is 276 g/mol. The summed E-state index contributed by atoms with van der Waals surface area (Å²) in [6, 6.07) is 7.08. The number of carbonyl (C=O) groups excluding carboxylic acids is 2. The Kier molecular flexibility index (Phi) is 5.01. The van der Waals surface area contributed by atoms with Crippen LogP contribution >= 0.6 is 11.6 Å². The molecule has 1 aromatic rings. The van der Waals surface area contributed by atoms with Gasteiger partial charge in [-0.3, -0.25) is 9.59 Å². The number of rotatable bonds is 2. The van der Waals surface area contributed by atoms with Crippen LogP contribution in [0.4, 0.5) is 0 Å². The van der Waals surface area contributed by atoms with E-state index in [-0.39, 0.29) is 11.8 Å². The number of carbonyl (C=O) groups is 2. The van der Waals surface area contributed by atoms with Crippen molar-refractivity contribution in [3.63, 3.8) is 0 Å². The van der Waals surface area contributed by atoms with Gasteiger partial charge in [0, 0.05) is 32.6 Å². The van der Waals surface area contributed by atoms with Crippen molar-refractivity contribution in [3.05, 3.63) is 34.9 Å². The van der Waals surface area contributed by atoms with Crippen molar-refractivity contribution < 1.29 is 9.59 Å². The molecule has 108 valence electrons. The average Bonchev–Trinajstić information content (AvgIpc) is 2.72. The van der Waals surface area contributed by atoms with Gasteiger partial charge >= 0.3 is 0 Å². The first-order valence-corrected chi connectivity index (χ1v) is 7.33. The minimum Gasteiger partial charge on any atom is -0.341 e. The van der Waals surface area contributed by atoms with Crippen LogP contribution in [0.3, 0.4) is 0 Å². The highest BCUT2D eigenvalue weighted by Gasteiger charge is 2.23. The van der Waals surface area contributed by atoms with Crippen molar-refractivity contribution in [1.82, 2.24) is 9.80 Å². The Morgan fingerprint density at radius 1 is 1.10 bits per heavy atom. The molecule has 0 atom stereocenters. The third-order valence-corrected chi connectivity index (χ3v) is 3.87. The molecule has 1 saturated heterocycles. The molecule has 1 fully saturated rings. The fourth-order valence-corrected chi connectivity index (χ4v) is 2.62. The Labute approximate surface area is 124 Å². The minimum atomic E-state index is -0.0543. The summed E-state index contributed by atoms with van der Waals surface area (Å²) in [6.45, 7) is 4.41. The van der Waals surface area contributed by atoms with Crippen LogP contribution in [-0.4, -0.2) is 47.8 Å². The summed E-state index contributed by atoms with van der Waals surface area (Å²) in [4.78, 5) is 27.8. The zero-order chi connectivity index (χ0) is 14.5. The topological polar surface area (TPSA) is 40.6 Å². The van der Waals surface area contributed by atoms with Crippen molar-refractivity contribution in [1.29, 1.82) is 0 Å². The van der Waals surface area contributed by atoms with Gasteiger partial charge in [0.05, 0.1) is 10.6 Å². The van der Waals surface area contributed by atoms with E-state index in [9.17, 15) is 9.59 Å². The van der Waals surface area contributed by atoms with Crippen LogP contribution in [-0.2, 0) is 4.79 Å². The number of halogens is 1. The summed E-state index contributed by atoms with van der Waals surface area (Å²) in [5, 5.41) is 0.475. The van der Waals surface area contributed by atoms with Crippen LogP contribution in [0.5, 0.6) is 0 Å². The standard InChI is InChI=1S/C15H19ClN2O2/c1-2-14(19)17-8-5-9-18(11-10-17)15(20)12-6-3-4-7-13(12)16/h3-4,6-7H,2,5,8-11H2,1H3. The SMILES string of the molecule is CCC(=O)N1CCCN(C(=O)c2ccccc2Cl)CC1. The van der Waals surface area contributed by atoms with Gasteiger partial charge in [-0.25, -0.2) is 0 Å². The second kappa shape index (κ2) is 6.75. The summed E-state index contributed by atoms with van der Waals surface area (Å²) in [7, 11) is 0. The highest BCUT2D eigenvalue weighted by atomic mass is 35.5. The molecule has 1 aromatic carbocycles. The van der Waals surface area contributed by atoms with E-state index < -0.39 is 0 Å². The Balaban J connectivity index is 2.05. The molecule has 0 unspecified atom stereocenters. The van der Waals surface area contributed by atoms with E-state index in [1.54, 1.807) is 17.0 Å². The van der Waals surface area contributed by atoms with E-state index in [0.29, 0.717) is 36.6 Å². The normalized spacial score (nSPS) is 15.9. The Bertz CT molecular complexity index is 504. The third kappa shape index (κ3) is 3.31. The lowest BCUT2D eigenvalue weighted by Crippen LogP contribution is -2.37. The molecule has 0 saturated carbocycles. The third-order valence-electron chi connectivity index (χ3n) is 3.54. The summed E-state index contributed by atoms with van der Waals surface area (Å²) < 4.78 is 0. The van der Waals surface area contributed by atoms with E-state index in [2.05, 4.69) is 0 Å². The number of nitrogens with zero attached hydrogens (tertiary/aromatic N) is 2. The zero-order valence-corrected chi connectivity index (χ0v) is 12.4. The van der Waals surface area contributed by atoms with Gasteiger partial charge < -0.3 is 9.80 Å². The molecule has 5 heteroatoms. The lowest BCUT2D eigenvalue weighted by Gasteiger charge is -2.22. The molecule has 2 rings (SSSR count). The molecule has 4 nitrogen and oxygen atoms in total. The molecule has 20 heavy (non-hydrogen) atoms.